The SMILES string of the molecule is O=C1c2ccccc2C2(c3ccccc31)c1ccccc1-c1cc3oc4ccccc4c3cc12. The smallest absolute Gasteiger partial charge is 0.193 e. The lowest BCUT2D eigenvalue weighted by molar-refractivity contribution is 0.103. The van der Waals surface area contributed by atoms with E-state index in [4.69, 9.17) is 4.42 Å². The third-order valence-electron chi connectivity index (χ3n) is 7.69. The Balaban J connectivity index is 1.62. The maximum absolute atomic E-state index is 13.6. The van der Waals surface area contributed by atoms with Crippen LogP contribution in [0.5, 0.6) is 0 Å². The van der Waals surface area contributed by atoms with Crippen molar-refractivity contribution < 1.29 is 9.21 Å². The molecular formula is C32H18O2. The zero-order valence-corrected chi connectivity index (χ0v) is 18.2. The molecule has 0 N–H and O–H groups in total. The van der Waals surface area contributed by atoms with E-state index in [0.29, 0.717) is 0 Å². The van der Waals surface area contributed by atoms with Crippen LogP contribution < -0.4 is 0 Å². The summed E-state index contributed by atoms with van der Waals surface area (Å²) in [6.45, 7) is 0. The van der Waals surface area contributed by atoms with Gasteiger partial charge in [-0.3, -0.25) is 4.79 Å². The number of para-hydroxylation sites is 1. The maximum Gasteiger partial charge on any atom is 0.193 e. The number of furan rings is 1. The van der Waals surface area contributed by atoms with E-state index in [2.05, 4.69) is 60.7 Å². The standard InChI is InChI=1S/C32H18O2/c33-31-21-11-2-6-14-26(21)32(27-15-7-3-12-22(27)31)25-13-5-1-9-19(25)23-18-30-24(17-28(23)32)20-10-4-8-16-29(20)34-30/h1-18H. The molecular weight excluding hydrogens is 416 g/mol. The fourth-order valence-corrected chi connectivity index (χ4v) is 6.38. The fourth-order valence-electron chi connectivity index (χ4n) is 6.38. The molecule has 0 amide bonds. The van der Waals surface area contributed by atoms with Crippen LogP contribution in [-0.4, -0.2) is 5.78 Å². The minimum atomic E-state index is -0.556. The molecule has 0 fully saturated rings. The highest BCUT2D eigenvalue weighted by Gasteiger charge is 2.51. The van der Waals surface area contributed by atoms with Crippen LogP contribution in [0.2, 0.25) is 0 Å². The Morgan fingerprint density at radius 3 is 1.74 bits per heavy atom. The molecule has 0 atom stereocenters. The van der Waals surface area contributed by atoms with Gasteiger partial charge in [0.15, 0.2) is 5.78 Å². The Morgan fingerprint density at radius 1 is 0.471 bits per heavy atom. The van der Waals surface area contributed by atoms with Gasteiger partial charge in [-0.25, -0.2) is 0 Å². The molecule has 1 spiro atoms. The second-order valence-corrected chi connectivity index (χ2v) is 9.21. The van der Waals surface area contributed by atoms with Gasteiger partial charge in [-0.2, -0.15) is 0 Å². The van der Waals surface area contributed by atoms with Crippen molar-refractivity contribution in [3.63, 3.8) is 0 Å². The molecule has 1 aromatic heterocycles. The predicted molar refractivity (Wildman–Crippen MR) is 134 cm³/mol. The Hall–Kier alpha value is -4.43. The van der Waals surface area contributed by atoms with Gasteiger partial charge in [-0.15, -0.1) is 0 Å². The van der Waals surface area contributed by atoms with Gasteiger partial charge < -0.3 is 4.42 Å². The monoisotopic (exact) mass is 434 g/mol. The number of hydrogen-bond donors (Lipinski definition) is 0. The van der Waals surface area contributed by atoms with Crippen LogP contribution in [0.15, 0.2) is 114 Å². The second kappa shape index (κ2) is 6.12. The van der Waals surface area contributed by atoms with Gasteiger partial charge in [0.05, 0.1) is 5.41 Å². The van der Waals surface area contributed by atoms with Gasteiger partial charge in [-0.1, -0.05) is 91.0 Å². The van der Waals surface area contributed by atoms with Crippen molar-refractivity contribution in [2.75, 3.05) is 0 Å². The van der Waals surface area contributed by atoms with Crippen molar-refractivity contribution >= 4 is 27.7 Å². The van der Waals surface area contributed by atoms with Crippen molar-refractivity contribution in [2.24, 2.45) is 0 Å². The zero-order chi connectivity index (χ0) is 22.4. The minimum Gasteiger partial charge on any atom is -0.456 e. The summed E-state index contributed by atoms with van der Waals surface area (Å²) in [5, 5.41) is 2.22. The molecule has 6 aromatic rings. The second-order valence-electron chi connectivity index (χ2n) is 9.21. The molecule has 0 saturated carbocycles. The van der Waals surface area contributed by atoms with Gasteiger partial charge in [0.1, 0.15) is 11.2 Å². The number of hydrogen-bond acceptors (Lipinski definition) is 2. The van der Waals surface area contributed by atoms with E-state index in [1.807, 2.05) is 48.5 Å². The summed E-state index contributed by atoms with van der Waals surface area (Å²) < 4.78 is 6.27. The molecule has 1 heterocycles. The normalized spacial score (nSPS) is 14.8. The van der Waals surface area contributed by atoms with Crippen molar-refractivity contribution in [3.05, 3.63) is 143 Å². The van der Waals surface area contributed by atoms with Gasteiger partial charge in [0.2, 0.25) is 0 Å². The maximum atomic E-state index is 13.6. The minimum absolute atomic E-state index is 0.0950. The third-order valence-corrected chi connectivity index (χ3v) is 7.69. The van der Waals surface area contributed by atoms with E-state index in [0.717, 1.165) is 44.2 Å². The summed E-state index contributed by atoms with van der Waals surface area (Å²) in [6, 6.07) is 37.6. The van der Waals surface area contributed by atoms with Crippen LogP contribution in [0.25, 0.3) is 33.1 Å². The number of rotatable bonds is 0. The van der Waals surface area contributed by atoms with E-state index in [1.165, 1.54) is 22.3 Å². The molecule has 34 heavy (non-hydrogen) atoms. The zero-order valence-electron chi connectivity index (χ0n) is 18.2. The lowest BCUT2D eigenvalue weighted by atomic mass is 9.61. The highest BCUT2D eigenvalue weighted by atomic mass is 16.3. The largest absolute Gasteiger partial charge is 0.456 e. The van der Waals surface area contributed by atoms with E-state index in [-0.39, 0.29) is 5.78 Å². The molecule has 2 heteroatoms. The summed E-state index contributed by atoms with van der Waals surface area (Å²) in [6.07, 6.45) is 0. The van der Waals surface area contributed by atoms with Crippen LogP contribution in [0.3, 0.4) is 0 Å². The Kier molecular flexibility index (Phi) is 3.25. The first-order chi connectivity index (χ1) is 16.8. The van der Waals surface area contributed by atoms with E-state index in [1.54, 1.807) is 0 Å². The highest BCUT2D eigenvalue weighted by molar-refractivity contribution is 6.15. The Bertz CT molecular complexity index is 1790. The van der Waals surface area contributed by atoms with Crippen LogP contribution in [-0.2, 0) is 5.41 Å². The van der Waals surface area contributed by atoms with Crippen LogP contribution in [0.4, 0.5) is 0 Å². The first kappa shape index (κ1) is 18.0. The molecule has 158 valence electrons. The van der Waals surface area contributed by atoms with Gasteiger partial charge >= 0.3 is 0 Å². The summed E-state index contributed by atoms with van der Waals surface area (Å²) in [5.41, 5.74) is 9.67. The molecule has 2 aliphatic rings. The lowest BCUT2D eigenvalue weighted by Gasteiger charge is -2.39. The van der Waals surface area contributed by atoms with E-state index >= 15 is 0 Å². The molecule has 2 aliphatic carbocycles. The molecule has 0 radical (unpaired) electrons. The fraction of sp³-hybridized carbons (Fsp3) is 0.0312. The number of benzene rings is 5. The number of ketones is 1. The average molecular weight is 434 g/mol. The van der Waals surface area contributed by atoms with Gasteiger partial charge in [0.25, 0.3) is 0 Å². The van der Waals surface area contributed by atoms with Crippen LogP contribution in [0.1, 0.15) is 38.2 Å². The van der Waals surface area contributed by atoms with Crippen LogP contribution >= 0.6 is 0 Å². The quantitative estimate of drug-likeness (QED) is 0.247. The van der Waals surface area contributed by atoms with Crippen molar-refractivity contribution in [3.8, 4) is 11.1 Å². The van der Waals surface area contributed by atoms with Gasteiger partial charge in [0, 0.05) is 21.9 Å². The topological polar surface area (TPSA) is 30.2 Å². The number of fused-ring (bicyclic) bond motifs is 12. The number of carbonyl (C=O) groups excluding carboxylic acids is 1. The summed E-state index contributed by atoms with van der Waals surface area (Å²) in [5.74, 6) is 0.0950. The number of carbonyl (C=O) groups is 1. The summed E-state index contributed by atoms with van der Waals surface area (Å²) >= 11 is 0. The van der Waals surface area contributed by atoms with Crippen molar-refractivity contribution in [1.29, 1.82) is 0 Å². The average Bonchev–Trinajstić information content (AvgIpc) is 3.40. The molecule has 0 unspecified atom stereocenters. The molecule has 5 aromatic carbocycles. The highest BCUT2D eigenvalue weighted by Crippen LogP contribution is 2.60. The molecule has 8 rings (SSSR count). The Morgan fingerprint density at radius 2 is 1.03 bits per heavy atom. The lowest BCUT2D eigenvalue weighted by Crippen LogP contribution is -2.36. The molecule has 2 nitrogen and oxygen atoms in total. The summed E-state index contributed by atoms with van der Waals surface area (Å²) in [7, 11) is 0. The molecule has 0 saturated heterocycles. The third kappa shape index (κ3) is 1.96. The summed E-state index contributed by atoms with van der Waals surface area (Å²) in [4.78, 5) is 13.6. The molecule has 0 bridgehead atoms. The first-order valence-electron chi connectivity index (χ1n) is 11.6. The molecule has 0 aliphatic heterocycles. The van der Waals surface area contributed by atoms with Crippen LogP contribution in [0, 0.1) is 0 Å². The Labute approximate surface area is 196 Å². The van der Waals surface area contributed by atoms with Crippen molar-refractivity contribution in [1.82, 2.24) is 0 Å². The van der Waals surface area contributed by atoms with E-state index in [9.17, 15) is 4.79 Å². The van der Waals surface area contributed by atoms with E-state index < -0.39 is 5.41 Å². The first-order valence-corrected chi connectivity index (χ1v) is 11.6. The predicted octanol–water partition coefficient (Wildman–Crippen LogP) is 7.49. The van der Waals surface area contributed by atoms with Crippen molar-refractivity contribution in [2.45, 2.75) is 5.41 Å². The van der Waals surface area contributed by atoms with Gasteiger partial charge in [-0.05, 0) is 51.6 Å².